The third kappa shape index (κ3) is 3.45. The summed E-state index contributed by atoms with van der Waals surface area (Å²) in [5.41, 5.74) is 2.80. The highest BCUT2D eigenvalue weighted by atomic mass is 32.2. The van der Waals surface area contributed by atoms with Crippen molar-refractivity contribution in [1.29, 1.82) is 0 Å². The van der Waals surface area contributed by atoms with Crippen LogP contribution in [0.1, 0.15) is 29.7 Å². The lowest BCUT2D eigenvalue weighted by Crippen LogP contribution is -2.28. The van der Waals surface area contributed by atoms with Gasteiger partial charge >= 0.3 is 0 Å². The number of benzene rings is 1. The normalized spacial score (nSPS) is 14.7. The highest BCUT2D eigenvalue weighted by Crippen LogP contribution is 2.20. The summed E-state index contributed by atoms with van der Waals surface area (Å²) in [5.74, 6) is -0.410. The Balaban J connectivity index is 1.65. The van der Waals surface area contributed by atoms with E-state index in [9.17, 15) is 12.8 Å². The number of aromatic nitrogens is 2. The van der Waals surface area contributed by atoms with Crippen molar-refractivity contribution in [2.75, 3.05) is 6.54 Å². The van der Waals surface area contributed by atoms with E-state index >= 15 is 0 Å². The monoisotopic (exact) mass is 337 g/mol. The fourth-order valence-corrected chi connectivity index (χ4v) is 4.01. The lowest BCUT2D eigenvalue weighted by molar-refractivity contribution is 0.538. The Kier molecular flexibility index (Phi) is 4.50. The SMILES string of the molecule is Cc1cc(S(=O)(=O)NCCn2ncc3c2CCCC3)ccc1F. The van der Waals surface area contributed by atoms with E-state index in [1.54, 1.807) is 6.92 Å². The van der Waals surface area contributed by atoms with Gasteiger partial charge in [-0.2, -0.15) is 5.10 Å². The maximum absolute atomic E-state index is 13.3. The molecule has 1 N–H and O–H groups in total. The second kappa shape index (κ2) is 6.41. The van der Waals surface area contributed by atoms with Gasteiger partial charge in [0.15, 0.2) is 0 Å². The Morgan fingerprint density at radius 2 is 2.09 bits per heavy atom. The third-order valence-corrected chi connectivity index (χ3v) is 5.66. The van der Waals surface area contributed by atoms with E-state index in [1.165, 1.54) is 35.9 Å². The maximum Gasteiger partial charge on any atom is 0.240 e. The number of aryl methyl sites for hydroxylation is 2. The predicted octanol–water partition coefficient (Wildman–Crippen LogP) is 2.19. The largest absolute Gasteiger partial charge is 0.268 e. The fraction of sp³-hybridized carbons (Fsp3) is 0.438. The van der Waals surface area contributed by atoms with Gasteiger partial charge in [-0.25, -0.2) is 17.5 Å². The molecular weight excluding hydrogens is 317 g/mol. The van der Waals surface area contributed by atoms with Gasteiger partial charge in [-0.15, -0.1) is 0 Å². The van der Waals surface area contributed by atoms with Crippen LogP contribution in [0.15, 0.2) is 29.3 Å². The zero-order valence-corrected chi connectivity index (χ0v) is 13.9. The minimum Gasteiger partial charge on any atom is -0.268 e. The third-order valence-electron chi connectivity index (χ3n) is 4.20. The Morgan fingerprint density at radius 3 is 2.87 bits per heavy atom. The van der Waals surface area contributed by atoms with Gasteiger partial charge in [0.05, 0.1) is 17.6 Å². The molecule has 0 spiro atoms. The molecular formula is C16H20FN3O2S. The van der Waals surface area contributed by atoms with E-state index in [0.29, 0.717) is 12.1 Å². The molecule has 0 saturated heterocycles. The lowest BCUT2D eigenvalue weighted by Gasteiger charge is -2.14. The minimum absolute atomic E-state index is 0.0823. The van der Waals surface area contributed by atoms with Crippen molar-refractivity contribution >= 4 is 10.0 Å². The van der Waals surface area contributed by atoms with E-state index < -0.39 is 15.8 Å². The number of nitrogens with one attached hydrogen (secondary N) is 1. The molecule has 0 aliphatic heterocycles. The van der Waals surface area contributed by atoms with Gasteiger partial charge in [-0.05, 0) is 61.9 Å². The lowest BCUT2D eigenvalue weighted by atomic mass is 9.98. The zero-order valence-electron chi connectivity index (χ0n) is 13.0. The first-order chi connectivity index (χ1) is 11.0. The average molecular weight is 337 g/mol. The molecule has 0 atom stereocenters. The molecule has 1 aromatic heterocycles. The van der Waals surface area contributed by atoms with Crippen LogP contribution in [0.3, 0.4) is 0 Å². The summed E-state index contributed by atoms with van der Waals surface area (Å²) in [7, 11) is -3.63. The van der Waals surface area contributed by atoms with Crippen LogP contribution in [0, 0.1) is 12.7 Å². The number of hydrogen-bond donors (Lipinski definition) is 1. The summed E-state index contributed by atoms with van der Waals surface area (Å²) in [4.78, 5) is 0.0823. The summed E-state index contributed by atoms with van der Waals surface area (Å²) in [6, 6.07) is 3.79. The summed E-state index contributed by atoms with van der Waals surface area (Å²) < 4.78 is 42.2. The van der Waals surface area contributed by atoms with Crippen LogP contribution in [0.25, 0.3) is 0 Å². The second-order valence-electron chi connectivity index (χ2n) is 5.86. The summed E-state index contributed by atoms with van der Waals surface area (Å²) in [5, 5.41) is 4.35. The predicted molar refractivity (Wildman–Crippen MR) is 85.2 cm³/mol. The van der Waals surface area contributed by atoms with Gasteiger partial charge in [0.2, 0.25) is 10.0 Å². The first-order valence-corrected chi connectivity index (χ1v) is 9.25. The minimum atomic E-state index is -3.63. The Bertz CT molecular complexity index is 815. The van der Waals surface area contributed by atoms with Crippen LogP contribution in [0.2, 0.25) is 0 Å². The van der Waals surface area contributed by atoms with Crippen LogP contribution in [-0.4, -0.2) is 24.7 Å². The Labute approximate surface area is 135 Å². The van der Waals surface area contributed by atoms with Gasteiger partial charge in [0, 0.05) is 12.2 Å². The van der Waals surface area contributed by atoms with Crippen molar-refractivity contribution in [3.8, 4) is 0 Å². The smallest absolute Gasteiger partial charge is 0.240 e. The van der Waals surface area contributed by atoms with Gasteiger partial charge in [0.1, 0.15) is 5.82 Å². The standard InChI is InChI=1S/C16H20FN3O2S/c1-12-10-14(6-7-15(12)17)23(21,22)19-8-9-20-16-5-3-2-4-13(16)11-18-20/h6-7,10-11,19H,2-5,8-9H2,1H3. The first-order valence-electron chi connectivity index (χ1n) is 7.77. The van der Waals surface area contributed by atoms with Crippen molar-refractivity contribution in [1.82, 2.24) is 14.5 Å². The van der Waals surface area contributed by atoms with Crippen LogP contribution in [0.4, 0.5) is 4.39 Å². The number of sulfonamides is 1. The van der Waals surface area contributed by atoms with E-state index in [-0.39, 0.29) is 11.4 Å². The average Bonchev–Trinajstić information content (AvgIpc) is 2.93. The number of hydrogen-bond acceptors (Lipinski definition) is 3. The second-order valence-corrected chi connectivity index (χ2v) is 7.62. The van der Waals surface area contributed by atoms with Crippen molar-refractivity contribution in [2.24, 2.45) is 0 Å². The van der Waals surface area contributed by atoms with E-state index in [2.05, 4.69) is 9.82 Å². The Hall–Kier alpha value is -1.73. The van der Waals surface area contributed by atoms with E-state index in [0.717, 1.165) is 19.3 Å². The molecule has 5 nitrogen and oxygen atoms in total. The molecule has 124 valence electrons. The molecule has 1 aromatic carbocycles. The molecule has 7 heteroatoms. The first kappa shape index (κ1) is 16.1. The maximum atomic E-state index is 13.3. The van der Waals surface area contributed by atoms with Crippen molar-refractivity contribution in [2.45, 2.75) is 44.0 Å². The molecule has 0 saturated carbocycles. The molecule has 2 aromatic rings. The van der Waals surface area contributed by atoms with E-state index in [1.807, 2.05) is 10.9 Å². The topological polar surface area (TPSA) is 64.0 Å². The molecule has 0 fully saturated rings. The molecule has 1 aliphatic carbocycles. The quantitative estimate of drug-likeness (QED) is 0.910. The van der Waals surface area contributed by atoms with Crippen molar-refractivity contribution in [3.05, 3.63) is 47.0 Å². The molecule has 23 heavy (non-hydrogen) atoms. The van der Waals surface area contributed by atoms with Crippen LogP contribution >= 0.6 is 0 Å². The molecule has 0 amide bonds. The summed E-state index contributed by atoms with van der Waals surface area (Å²) >= 11 is 0. The molecule has 1 aliphatic rings. The zero-order chi connectivity index (χ0) is 16.4. The van der Waals surface area contributed by atoms with Crippen LogP contribution in [0.5, 0.6) is 0 Å². The number of halogens is 1. The van der Waals surface area contributed by atoms with Gasteiger partial charge in [-0.3, -0.25) is 4.68 Å². The van der Waals surface area contributed by atoms with Crippen LogP contribution < -0.4 is 4.72 Å². The van der Waals surface area contributed by atoms with Gasteiger partial charge < -0.3 is 0 Å². The molecule has 0 bridgehead atoms. The van der Waals surface area contributed by atoms with Crippen molar-refractivity contribution < 1.29 is 12.8 Å². The van der Waals surface area contributed by atoms with Gasteiger partial charge in [0.25, 0.3) is 0 Å². The number of rotatable bonds is 5. The molecule has 0 radical (unpaired) electrons. The number of fused-ring (bicyclic) bond motifs is 1. The highest BCUT2D eigenvalue weighted by molar-refractivity contribution is 7.89. The molecule has 0 unspecified atom stereocenters. The van der Waals surface area contributed by atoms with E-state index in [4.69, 9.17) is 0 Å². The summed E-state index contributed by atoms with van der Waals surface area (Å²) in [6.07, 6.45) is 6.27. The number of nitrogens with zero attached hydrogens (tertiary/aromatic N) is 2. The van der Waals surface area contributed by atoms with Crippen molar-refractivity contribution in [3.63, 3.8) is 0 Å². The Morgan fingerprint density at radius 1 is 1.30 bits per heavy atom. The fourth-order valence-electron chi connectivity index (χ4n) is 2.90. The van der Waals surface area contributed by atoms with Crippen LogP contribution in [-0.2, 0) is 29.4 Å². The summed E-state index contributed by atoms with van der Waals surface area (Å²) in [6.45, 7) is 2.30. The van der Waals surface area contributed by atoms with Gasteiger partial charge in [-0.1, -0.05) is 0 Å². The molecule has 3 rings (SSSR count). The molecule has 1 heterocycles. The highest BCUT2D eigenvalue weighted by Gasteiger charge is 2.17.